The first-order valence-corrected chi connectivity index (χ1v) is 5.81. The van der Waals surface area contributed by atoms with E-state index in [2.05, 4.69) is 4.99 Å². The van der Waals surface area contributed by atoms with Crippen LogP contribution in [0, 0.1) is 0 Å². The Balaban J connectivity index is 0.00000121. The molecule has 1 rings (SSSR count). The number of carbonyl (C=O) groups is 1. The van der Waals surface area contributed by atoms with E-state index in [0.29, 0.717) is 15.6 Å². The van der Waals surface area contributed by atoms with Crippen LogP contribution in [0.1, 0.15) is 19.4 Å². The molecule has 1 aromatic rings. The second kappa shape index (κ2) is 7.92. The van der Waals surface area contributed by atoms with Crippen LogP contribution in [0.5, 0.6) is 0 Å². The monoisotopic (exact) mass is 275 g/mol. The van der Waals surface area contributed by atoms with Gasteiger partial charge in [-0.2, -0.15) is 4.99 Å². The highest BCUT2D eigenvalue weighted by atomic mass is 35.5. The number of amides is 1. The third-order valence-electron chi connectivity index (χ3n) is 1.64. The standard InChI is InChI=1S/C9H9Cl2N3O.C2H6/c10-6-2-1-3-7(11)5(6)4-8(15)14-9(12)13;1-2/h1-3H,4H2,(H4,12,13,14,15);1-2H3. The van der Waals surface area contributed by atoms with Crippen molar-refractivity contribution in [2.24, 2.45) is 16.5 Å². The van der Waals surface area contributed by atoms with Gasteiger partial charge in [0.15, 0.2) is 5.96 Å². The summed E-state index contributed by atoms with van der Waals surface area (Å²) in [6.07, 6.45) is -0.0175. The van der Waals surface area contributed by atoms with Crippen molar-refractivity contribution in [1.82, 2.24) is 0 Å². The highest BCUT2D eigenvalue weighted by molar-refractivity contribution is 6.36. The van der Waals surface area contributed by atoms with Gasteiger partial charge in [-0.15, -0.1) is 0 Å². The molecule has 0 aliphatic heterocycles. The van der Waals surface area contributed by atoms with Gasteiger partial charge in [-0.25, -0.2) is 0 Å². The van der Waals surface area contributed by atoms with E-state index < -0.39 is 5.91 Å². The Labute approximate surface area is 111 Å². The van der Waals surface area contributed by atoms with Crippen LogP contribution in [0.4, 0.5) is 0 Å². The number of carbonyl (C=O) groups excluding carboxylic acids is 1. The Morgan fingerprint density at radius 3 is 2.12 bits per heavy atom. The summed E-state index contributed by atoms with van der Waals surface area (Å²) in [6, 6.07) is 4.98. The number of rotatable bonds is 2. The van der Waals surface area contributed by atoms with Crippen molar-refractivity contribution in [2.45, 2.75) is 20.3 Å². The Morgan fingerprint density at radius 2 is 1.71 bits per heavy atom. The van der Waals surface area contributed by atoms with E-state index in [9.17, 15) is 4.79 Å². The van der Waals surface area contributed by atoms with Crippen LogP contribution in [0.2, 0.25) is 10.0 Å². The number of guanidine groups is 1. The van der Waals surface area contributed by atoms with Gasteiger partial charge in [-0.3, -0.25) is 4.79 Å². The lowest BCUT2D eigenvalue weighted by molar-refractivity contribution is -0.117. The molecule has 0 saturated carbocycles. The molecule has 0 radical (unpaired) electrons. The molecule has 0 fully saturated rings. The predicted octanol–water partition coefficient (Wildman–Crippen LogP) is 2.36. The zero-order valence-electron chi connectivity index (χ0n) is 9.71. The van der Waals surface area contributed by atoms with Crippen molar-refractivity contribution in [3.8, 4) is 0 Å². The van der Waals surface area contributed by atoms with E-state index in [1.807, 2.05) is 13.8 Å². The molecule has 0 atom stereocenters. The first-order chi connectivity index (χ1) is 8.00. The maximum absolute atomic E-state index is 11.3. The fourth-order valence-corrected chi connectivity index (χ4v) is 1.57. The Bertz CT molecular complexity index is 395. The fraction of sp³-hybridized carbons (Fsp3) is 0.273. The van der Waals surface area contributed by atoms with E-state index >= 15 is 0 Å². The van der Waals surface area contributed by atoms with Crippen molar-refractivity contribution in [3.05, 3.63) is 33.8 Å². The minimum absolute atomic E-state index is 0.0175. The molecule has 4 N–H and O–H groups in total. The molecule has 0 unspecified atom stereocenters. The highest BCUT2D eigenvalue weighted by Gasteiger charge is 2.09. The van der Waals surface area contributed by atoms with Gasteiger partial charge in [0.25, 0.3) is 5.91 Å². The summed E-state index contributed by atoms with van der Waals surface area (Å²) in [6.45, 7) is 4.00. The summed E-state index contributed by atoms with van der Waals surface area (Å²) in [5.74, 6) is -0.756. The lowest BCUT2D eigenvalue weighted by Crippen LogP contribution is -2.24. The second-order valence-electron chi connectivity index (χ2n) is 2.81. The average molecular weight is 276 g/mol. The number of aliphatic imine (C=N–C) groups is 1. The molecule has 0 aliphatic rings. The van der Waals surface area contributed by atoms with Gasteiger partial charge in [-0.05, 0) is 17.7 Å². The van der Waals surface area contributed by atoms with E-state index in [1.165, 1.54) is 0 Å². The zero-order valence-corrected chi connectivity index (χ0v) is 11.2. The van der Waals surface area contributed by atoms with Gasteiger partial charge in [0.05, 0.1) is 6.42 Å². The van der Waals surface area contributed by atoms with Gasteiger partial charge in [0.2, 0.25) is 0 Å². The van der Waals surface area contributed by atoms with Crippen LogP contribution >= 0.6 is 23.2 Å². The van der Waals surface area contributed by atoms with Gasteiger partial charge in [0.1, 0.15) is 0 Å². The number of hydrogen-bond acceptors (Lipinski definition) is 1. The molecular formula is C11H15Cl2N3O. The molecule has 1 amide bonds. The first-order valence-electron chi connectivity index (χ1n) is 5.06. The van der Waals surface area contributed by atoms with E-state index in [-0.39, 0.29) is 12.4 Å². The molecular weight excluding hydrogens is 261 g/mol. The number of nitrogens with two attached hydrogens (primary N) is 2. The fourth-order valence-electron chi connectivity index (χ4n) is 1.04. The van der Waals surface area contributed by atoms with Gasteiger partial charge >= 0.3 is 0 Å². The Hall–Kier alpha value is -1.26. The Morgan fingerprint density at radius 1 is 1.24 bits per heavy atom. The van der Waals surface area contributed by atoms with Crippen molar-refractivity contribution in [1.29, 1.82) is 0 Å². The zero-order chi connectivity index (χ0) is 13.4. The molecule has 0 spiro atoms. The minimum atomic E-state index is -0.481. The minimum Gasteiger partial charge on any atom is -0.370 e. The topological polar surface area (TPSA) is 81.5 Å². The summed E-state index contributed by atoms with van der Waals surface area (Å²) in [7, 11) is 0. The maximum atomic E-state index is 11.3. The van der Waals surface area contributed by atoms with Crippen LogP contribution < -0.4 is 11.5 Å². The molecule has 94 valence electrons. The third kappa shape index (κ3) is 5.56. The van der Waals surface area contributed by atoms with Crippen LogP contribution in [-0.4, -0.2) is 11.9 Å². The summed E-state index contributed by atoms with van der Waals surface area (Å²) >= 11 is 11.7. The van der Waals surface area contributed by atoms with Crippen LogP contribution in [0.25, 0.3) is 0 Å². The summed E-state index contributed by atoms with van der Waals surface area (Å²) in [4.78, 5) is 14.6. The summed E-state index contributed by atoms with van der Waals surface area (Å²) in [5.41, 5.74) is 10.7. The van der Waals surface area contributed by atoms with E-state index in [1.54, 1.807) is 18.2 Å². The van der Waals surface area contributed by atoms with E-state index in [4.69, 9.17) is 34.7 Å². The number of benzene rings is 1. The molecule has 1 aromatic carbocycles. The molecule has 17 heavy (non-hydrogen) atoms. The van der Waals surface area contributed by atoms with Crippen LogP contribution in [0.3, 0.4) is 0 Å². The van der Waals surface area contributed by atoms with Crippen molar-refractivity contribution < 1.29 is 4.79 Å². The smallest absolute Gasteiger partial charge is 0.253 e. The average Bonchev–Trinajstić information content (AvgIpc) is 2.25. The number of nitrogens with zero attached hydrogens (tertiary/aromatic N) is 1. The molecule has 0 aromatic heterocycles. The predicted molar refractivity (Wildman–Crippen MR) is 72.3 cm³/mol. The normalized spacial score (nSPS) is 8.94. The lowest BCUT2D eigenvalue weighted by atomic mass is 10.1. The van der Waals surface area contributed by atoms with Gasteiger partial charge < -0.3 is 11.5 Å². The SMILES string of the molecule is CC.NC(N)=NC(=O)Cc1c(Cl)cccc1Cl. The highest BCUT2D eigenvalue weighted by Crippen LogP contribution is 2.24. The van der Waals surface area contributed by atoms with Crippen LogP contribution in [-0.2, 0) is 11.2 Å². The number of halogens is 2. The molecule has 0 aliphatic carbocycles. The molecule has 6 heteroatoms. The lowest BCUT2D eigenvalue weighted by Gasteiger charge is -2.03. The largest absolute Gasteiger partial charge is 0.370 e. The second-order valence-corrected chi connectivity index (χ2v) is 3.62. The summed E-state index contributed by atoms with van der Waals surface area (Å²) in [5, 5.41) is 0.836. The van der Waals surface area contributed by atoms with Gasteiger partial charge in [0, 0.05) is 10.0 Å². The number of hydrogen-bond donors (Lipinski definition) is 2. The first kappa shape index (κ1) is 15.7. The summed E-state index contributed by atoms with van der Waals surface area (Å²) < 4.78 is 0. The molecule has 0 saturated heterocycles. The molecule has 0 bridgehead atoms. The quantitative estimate of drug-likeness (QED) is 0.642. The van der Waals surface area contributed by atoms with Gasteiger partial charge in [-0.1, -0.05) is 43.1 Å². The van der Waals surface area contributed by atoms with Crippen molar-refractivity contribution in [2.75, 3.05) is 0 Å². The maximum Gasteiger partial charge on any atom is 0.253 e. The van der Waals surface area contributed by atoms with Crippen LogP contribution in [0.15, 0.2) is 23.2 Å². The Kier molecular flexibility index (Phi) is 7.34. The molecule has 0 heterocycles. The van der Waals surface area contributed by atoms with Crippen molar-refractivity contribution >= 4 is 35.1 Å². The molecule has 4 nitrogen and oxygen atoms in total. The van der Waals surface area contributed by atoms with Crippen molar-refractivity contribution in [3.63, 3.8) is 0 Å². The third-order valence-corrected chi connectivity index (χ3v) is 2.35. The van der Waals surface area contributed by atoms with E-state index in [0.717, 1.165) is 0 Å².